The van der Waals surface area contributed by atoms with Crippen molar-refractivity contribution in [2.24, 2.45) is 0 Å². The van der Waals surface area contributed by atoms with Gasteiger partial charge in [-0.05, 0) is 35.9 Å². The fourth-order valence-electron chi connectivity index (χ4n) is 2.79. The third kappa shape index (κ3) is 5.67. The molecule has 0 unspecified atom stereocenters. The molecule has 2 aromatic carbocycles. The summed E-state index contributed by atoms with van der Waals surface area (Å²) in [4.78, 5) is 25.7. The second-order valence-corrected chi connectivity index (χ2v) is 7.85. The highest BCUT2D eigenvalue weighted by Gasteiger charge is 2.18. The molecule has 0 amide bonds. The number of pyridine rings is 1. The second-order valence-electron chi connectivity index (χ2n) is 7.85. The molecule has 5 N–H and O–H groups in total. The maximum absolute atomic E-state index is 10.8. The van der Waals surface area contributed by atoms with Gasteiger partial charge in [0.1, 0.15) is 12.0 Å². The zero-order chi connectivity index (χ0) is 22.3. The Morgan fingerprint density at radius 2 is 1.70 bits per heavy atom. The molecule has 0 radical (unpaired) electrons. The van der Waals surface area contributed by atoms with Crippen molar-refractivity contribution in [3.63, 3.8) is 0 Å². The number of benzene rings is 2. The SMILES string of the molecule is CC(C)(C)c1ccc(N)c(-c2ccccc2CC=O)n1.Nc1ccc(O)c(C=O)c1. The van der Waals surface area contributed by atoms with Crippen molar-refractivity contribution in [3.8, 4) is 17.0 Å². The van der Waals surface area contributed by atoms with E-state index in [0.717, 1.165) is 28.8 Å². The van der Waals surface area contributed by atoms with Crippen molar-refractivity contribution in [2.45, 2.75) is 32.6 Å². The fraction of sp³-hybridized carbons (Fsp3) is 0.208. The molecule has 1 heterocycles. The van der Waals surface area contributed by atoms with E-state index >= 15 is 0 Å². The first kappa shape index (κ1) is 22.6. The Morgan fingerprint density at radius 1 is 1.00 bits per heavy atom. The molecule has 156 valence electrons. The van der Waals surface area contributed by atoms with Crippen LogP contribution in [0.15, 0.2) is 54.6 Å². The number of nitrogens with two attached hydrogens (primary N) is 2. The van der Waals surface area contributed by atoms with Gasteiger partial charge in [-0.1, -0.05) is 45.0 Å². The molecule has 0 fully saturated rings. The molecule has 6 nitrogen and oxygen atoms in total. The third-order valence-corrected chi connectivity index (χ3v) is 4.45. The zero-order valence-corrected chi connectivity index (χ0v) is 17.4. The summed E-state index contributed by atoms with van der Waals surface area (Å²) in [5.74, 6) is -0.0378. The molecule has 0 aliphatic heterocycles. The minimum Gasteiger partial charge on any atom is -0.507 e. The topological polar surface area (TPSA) is 119 Å². The van der Waals surface area contributed by atoms with Crippen molar-refractivity contribution in [1.82, 2.24) is 4.98 Å². The largest absolute Gasteiger partial charge is 0.507 e. The number of rotatable bonds is 4. The standard InChI is InChI=1S/C17H20N2O.C7H7NO2/c1-17(2,3)15-9-8-14(18)16(19-15)13-7-5-4-6-12(13)10-11-20;8-6-1-2-7(10)5(3-6)4-9/h4-9,11H,10,18H2,1-3H3;1-4,10H,8H2. The van der Waals surface area contributed by atoms with Crippen LogP contribution >= 0.6 is 0 Å². The first-order valence-electron chi connectivity index (χ1n) is 9.50. The summed E-state index contributed by atoms with van der Waals surface area (Å²) in [6.07, 6.45) is 1.84. The van der Waals surface area contributed by atoms with E-state index < -0.39 is 0 Å². The summed E-state index contributed by atoms with van der Waals surface area (Å²) in [5.41, 5.74) is 16.3. The molecule has 0 aliphatic rings. The quantitative estimate of drug-likeness (QED) is 0.341. The molecule has 0 bridgehead atoms. The molecular weight excluding hydrogens is 378 g/mol. The minimum atomic E-state index is -0.0396. The summed E-state index contributed by atoms with van der Waals surface area (Å²) in [6.45, 7) is 6.35. The second kappa shape index (κ2) is 9.69. The number of carbonyl (C=O) groups excluding carboxylic acids is 2. The van der Waals surface area contributed by atoms with E-state index in [2.05, 4.69) is 20.8 Å². The summed E-state index contributed by atoms with van der Waals surface area (Å²) >= 11 is 0. The predicted octanol–water partition coefficient (Wildman–Crippen LogP) is 4.16. The van der Waals surface area contributed by atoms with Crippen LogP contribution < -0.4 is 11.5 Å². The maximum atomic E-state index is 10.8. The van der Waals surface area contributed by atoms with Gasteiger partial charge in [0.05, 0.1) is 16.9 Å². The maximum Gasteiger partial charge on any atom is 0.153 e. The Hall–Kier alpha value is -3.67. The van der Waals surface area contributed by atoms with Gasteiger partial charge in [0, 0.05) is 28.8 Å². The van der Waals surface area contributed by atoms with Crippen molar-refractivity contribution >= 4 is 23.9 Å². The number of aromatic hydroxyl groups is 1. The monoisotopic (exact) mass is 405 g/mol. The predicted molar refractivity (Wildman–Crippen MR) is 120 cm³/mol. The lowest BCUT2D eigenvalue weighted by atomic mass is 9.90. The average Bonchev–Trinajstić information content (AvgIpc) is 2.70. The van der Waals surface area contributed by atoms with Gasteiger partial charge in [-0.25, -0.2) is 0 Å². The Kier molecular flexibility index (Phi) is 7.31. The number of anilines is 2. The van der Waals surface area contributed by atoms with Gasteiger partial charge in [-0.2, -0.15) is 0 Å². The normalized spacial score (nSPS) is 10.6. The number of aldehydes is 2. The summed E-state index contributed by atoms with van der Waals surface area (Å²) in [5, 5.41) is 8.95. The molecule has 0 aliphatic carbocycles. The van der Waals surface area contributed by atoms with E-state index in [4.69, 9.17) is 21.6 Å². The molecule has 30 heavy (non-hydrogen) atoms. The highest BCUT2D eigenvalue weighted by atomic mass is 16.3. The molecular formula is C24H27N3O3. The van der Waals surface area contributed by atoms with Crippen LogP contribution in [-0.2, 0) is 16.6 Å². The first-order valence-corrected chi connectivity index (χ1v) is 9.50. The lowest BCUT2D eigenvalue weighted by Gasteiger charge is -2.20. The number of carbonyl (C=O) groups is 2. The van der Waals surface area contributed by atoms with E-state index in [1.807, 2.05) is 36.4 Å². The Balaban J connectivity index is 0.000000269. The van der Waals surface area contributed by atoms with Crippen LogP contribution in [0.5, 0.6) is 5.75 Å². The highest BCUT2D eigenvalue weighted by Crippen LogP contribution is 2.30. The van der Waals surface area contributed by atoms with Crippen molar-refractivity contribution in [1.29, 1.82) is 0 Å². The van der Waals surface area contributed by atoms with Crippen LogP contribution in [0.25, 0.3) is 11.3 Å². The van der Waals surface area contributed by atoms with Crippen LogP contribution in [-0.4, -0.2) is 22.7 Å². The Morgan fingerprint density at radius 3 is 2.30 bits per heavy atom. The summed E-state index contributed by atoms with van der Waals surface area (Å²) in [7, 11) is 0. The van der Waals surface area contributed by atoms with E-state index in [9.17, 15) is 9.59 Å². The van der Waals surface area contributed by atoms with Crippen LogP contribution in [0.2, 0.25) is 0 Å². The van der Waals surface area contributed by atoms with E-state index in [-0.39, 0.29) is 16.7 Å². The van der Waals surface area contributed by atoms with Gasteiger partial charge < -0.3 is 21.4 Å². The molecule has 0 atom stereocenters. The molecule has 6 heteroatoms. The number of phenols is 1. The number of nitrogens with zero attached hydrogens (tertiary/aromatic N) is 1. The average molecular weight is 405 g/mol. The molecule has 0 spiro atoms. The van der Waals surface area contributed by atoms with Crippen molar-refractivity contribution < 1.29 is 14.7 Å². The first-order chi connectivity index (χ1) is 14.2. The molecule has 0 saturated carbocycles. The van der Waals surface area contributed by atoms with Gasteiger partial charge in [0.2, 0.25) is 0 Å². The molecule has 3 rings (SSSR count). The van der Waals surface area contributed by atoms with Gasteiger partial charge in [-0.15, -0.1) is 0 Å². The van der Waals surface area contributed by atoms with Gasteiger partial charge in [-0.3, -0.25) is 9.78 Å². The van der Waals surface area contributed by atoms with Gasteiger partial charge >= 0.3 is 0 Å². The lowest BCUT2D eigenvalue weighted by molar-refractivity contribution is -0.107. The van der Waals surface area contributed by atoms with Crippen molar-refractivity contribution in [3.05, 3.63) is 71.4 Å². The fourth-order valence-corrected chi connectivity index (χ4v) is 2.79. The Bertz CT molecular complexity index is 1040. The van der Waals surface area contributed by atoms with Crippen LogP contribution in [0, 0.1) is 0 Å². The molecule has 0 saturated heterocycles. The summed E-state index contributed by atoms with van der Waals surface area (Å²) in [6, 6.07) is 15.9. The van der Waals surface area contributed by atoms with E-state index in [1.54, 1.807) is 0 Å². The molecule has 1 aromatic heterocycles. The van der Waals surface area contributed by atoms with E-state index in [0.29, 0.717) is 24.1 Å². The van der Waals surface area contributed by atoms with E-state index in [1.165, 1.54) is 18.2 Å². The number of nitrogen functional groups attached to an aromatic ring is 2. The minimum absolute atomic E-state index is 0.0378. The smallest absolute Gasteiger partial charge is 0.153 e. The number of aromatic nitrogens is 1. The number of hydrogen-bond donors (Lipinski definition) is 3. The zero-order valence-electron chi connectivity index (χ0n) is 17.4. The van der Waals surface area contributed by atoms with Gasteiger partial charge in [0.15, 0.2) is 6.29 Å². The number of phenolic OH excluding ortho intramolecular Hbond substituents is 1. The Labute approximate surface area is 176 Å². The van der Waals surface area contributed by atoms with Crippen molar-refractivity contribution in [2.75, 3.05) is 11.5 Å². The van der Waals surface area contributed by atoms with Crippen LogP contribution in [0.3, 0.4) is 0 Å². The summed E-state index contributed by atoms with van der Waals surface area (Å²) < 4.78 is 0. The molecule has 3 aromatic rings. The van der Waals surface area contributed by atoms with Crippen LogP contribution in [0.1, 0.15) is 42.4 Å². The highest BCUT2D eigenvalue weighted by molar-refractivity contribution is 5.81. The lowest BCUT2D eigenvalue weighted by Crippen LogP contribution is -2.14. The third-order valence-electron chi connectivity index (χ3n) is 4.45. The van der Waals surface area contributed by atoms with Gasteiger partial charge in [0.25, 0.3) is 0 Å². The van der Waals surface area contributed by atoms with Crippen LogP contribution in [0.4, 0.5) is 11.4 Å². The number of hydrogen-bond acceptors (Lipinski definition) is 6.